The molecule has 0 aromatic heterocycles. The van der Waals surface area contributed by atoms with Crippen LogP contribution in [-0.4, -0.2) is 57.0 Å². The molecule has 4 nitrogen and oxygen atoms in total. The molecule has 1 aliphatic heterocycles. The Kier molecular flexibility index (Phi) is 6.28. The zero-order chi connectivity index (χ0) is 12.0. The molecule has 96 valence electrons. The number of ether oxygens (including phenoxy) is 2. The predicted octanol–water partition coefficient (Wildman–Crippen LogP) is 0.707. The lowest BCUT2D eigenvalue weighted by molar-refractivity contribution is 0.0446. The van der Waals surface area contributed by atoms with Crippen molar-refractivity contribution in [3.05, 3.63) is 0 Å². The number of hydrogen-bond acceptors (Lipinski definition) is 4. The molecule has 0 aromatic carbocycles. The van der Waals surface area contributed by atoms with E-state index in [-0.39, 0.29) is 0 Å². The third-order valence-corrected chi connectivity index (χ3v) is 3.28. The molecule has 16 heavy (non-hydrogen) atoms. The van der Waals surface area contributed by atoms with Crippen LogP contribution >= 0.6 is 0 Å². The van der Waals surface area contributed by atoms with E-state index in [0.29, 0.717) is 24.6 Å². The predicted molar refractivity (Wildman–Crippen MR) is 65.5 cm³/mol. The zero-order valence-corrected chi connectivity index (χ0v) is 10.8. The van der Waals surface area contributed by atoms with Gasteiger partial charge in [0, 0.05) is 39.4 Å². The molecule has 1 fully saturated rings. The fourth-order valence-corrected chi connectivity index (χ4v) is 2.44. The lowest BCUT2D eigenvalue weighted by Gasteiger charge is -2.34. The molecule has 1 rings (SSSR count). The van der Waals surface area contributed by atoms with Crippen molar-refractivity contribution in [2.45, 2.75) is 32.4 Å². The molecule has 0 aliphatic carbocycles. The van der Waals surface area contributed by atoms with Crippen molar-refractivity contribution >= 4 is 0 Å². The standard InChI is InChI=1S/C12H26N2O2/c1-10(9-15-3)12(7-13)14-5-4-6-16-11(2)8-14/h10-12H,4-9,13H2,1-3H3. The van der Waals surface area contributed by atoms with E-state index >= 15 is 0 Å². The topological polar surface area (TPSA) is 47.7 Å². The highest BCUT2D eigenvalue weighted by molar-refractivity contribution is 4.80. The van der Waals surface area contributed by atoms with E-state index in [4.69, 9.17) is 15.2 Å². The lowest BCUT2D eigenvalue weighted by atomic mass is 10.0. The normalized spacial score (nSPS) is 27.4. The van der Waals surface area contributed by atoms with Gasteiger partial charge in [0.25, 0.3) is 0 Å². The second-order valence-electron chi connectivity index (χ2n) is 4.77. The summed E-state index contributed by atoms with van der Waals surface area (Å²) in [4.78, 5) is 2.46. The SMILES string of the molecule is COCC(C)C(CN)N1CCCOC(C)C1. The molecule has 0 spiro atoms. The maximum absolute atomic E-state index is 5.89. The quantitative estimate of drug-likeness (QED) is 0.755. The highest BCUT2D eigenvalue weighted by Gasteiger charge is 2.26. The number of rotatable bonds is 5. The van der Waals surface area contributed by atoms with Crippen LogP contribution in [0.2, 0.25) is 0 Å². The van der Waals surface area contributed by atoms with Crippen LogP contribution in [0, 0.1) is 5.92 Å². The minimum atomic E-state index is 0.311. The number of nitrogens with two attached hydrogens (primary N) is 1. The summed E-state index contributed by atoms with van der Waals surface area (Å²) >= 11 is 0. The fourth-order valence-electron chi connectivity index (χ4n) is 2.44. The molecule has 1 heterocycles. The van der Waals surface area contributed by atoms with Crippen LogP contribution in [0.3, 0.4) is 0 Å². The second kappa shape index (κ2) is 7.22. The summed E-state index contributed by atoms with van der Waals surface area (Å²) in [7, 11) is 1.75. The van der Waals surface area contributed by atoms with Crippen molar-refractivity contribution in [2.24, 2.45) is 11.7 Å². The smallest absolute Gasteiger partial charge is 0.0674 e. The van der Waals surface area contributed by atoms with Crippen LogP contribution in [0.25, 0.3) is 0 Å². The molecular weight excluding hydrogens is 204 g/mol. The second-order valence-corrected chi connectivity index (χ2v) is 4.77. The molecule has 4 heteroatoms. The van der Waals surface area contributed by atoms with Crippen molar-refractivity contribution in [2.75, 3.05) is 40.0 Å². The molecular formula is C12H26N2O2. The Hall–Kier alpha value is -0.160. The Morgan fingerprint density at radius 2 is 2.31 bits per heavy atom. The van der Waals surface area contributed by atoms with Crippen LogP contribution in [0.4, 0.5) is 0 Å². The highest BCUT2D eigenvalue weighted by Crippen LogP contribution is 2.15. The van der Waals surface area contributed by atoms with E-state index in [2.05, 4.69) is 18.7 Å². The summed E-state index contributed by atoms with van der Waals surface area (Å²) in [5.74, 6) is 0.472. The molecule has 0 bridgehead atoms. The highest BCUT2D eigenvalue weighted by atomic mass is 16.5. The largest absolute Gasteiger partial charge is 0.384 e. The fraction of sp³-hybridized carbons (Fsp3) is 1.00. The van der Waals surface area contributed by atoms with Crippen LogP contribution in [0.5, 0.6) is 0 Å². The molecule has 1 saturated heterocycles. The molecule has 3 atom stereocenters. The monoisotopic (exact) mass is 230 g/mol. The van der Waals surface area contributed by atoms with Crippen molar-refractivity contribution in [3.63, 3.8) is 0 Å². The van der Waals surface area contributed by atoms with Gasteiger partial charge in [0.1, 0.15) is 0 Å². The van der Waals surface area contributed by atoms with Gasteiger partial charge in [-0.05, 0) is 19.3 Å². The van der Waals surface area contributed by atoms with E-state index in [1.54, 1.807) is 7.11 Å². The Balaban J connectivity index is 2.55. The van der Waals surface area contributed by atoms with E-state index in [9.17, 15) is 0 Å². The summed E-state index contributed by atoms with van der Waals surface area (Å²) < 4.78 is 10.9. The van der Waals surface area contributed by atoms with Gasteiger partial charge >= 0.3 is 0 Å². The number of nitrogens with zero attached hydrogens (tertiary/aromatic N) is 1. The van der Waals surface area contributed by atoms with Gasteiger partial charge in [-0.15, -0.1) is 0 Å². The number of methoxy groups -OCH3 is 1. The van der Waals surface area contributed by atoms with Crippen molar-refractivity contribution in [1.82, 2.24) is 4.90 Å². The van der Waals surface area contributed by atoms with E-state index in [0.717, 1.165) is 32.7 Å². The first-order chi connectivity index (χ1) is 7.69. The third kappa shape index (κ3) is 4.01. The maximum Gasteiger partial charge on any atom is 0.0674 e. The summed E-state index contributed by atoms with van der Waals surface area (Å²) in [5.41, 5.74) is 5.89. The van der Waals surface area contributed by atoms with Crippen LogP contribution < -0.4 is 5.73 Å². The van der Waals surface area contributed by atoms with E-state index < -0.39 is 0 Å². The average Bonchev–Trinajstić information content (AvgIpc) is 2.45. The minimum absolute atomic E-state index is 0.311. The van der Waals surface area contributed by atoms with Gasteiger partial charge in [-0.25, -0.2) is 0 Å². The van der Waals surface area contributed by atoms with Crippen molar-refractivity contribution in [1.29, 1.82) is 0 Å². The van der Waals surface area contributed by atoms with Crippen molar-refractivity contribution < 1.29 is 9.47 Å². The van der Waals surface area contributed by atoms with E-state index in [1.807, 2.05) is 0 Å². The molecule has 1 aliphatic rings. The summed E-state index contributed by atoms with van der Waals surface area (Å²) in [6.07, 6.45) is 1.41. The summed E-state index contributed by atoms with van der Waals surface area (Å²) in [5, 5.41) is 0. The first kappa shape index (κ1) is 13.9. The Morgan fingerprint density at radius 3 is 2.94 bits per heavy atom. The van der Waals surface area contributed by atoms with Gasteiger partial charge in [-0.2, -0.15) is 0 Å². The third-order valence-electron chi connectivity index (χ3n) is 3.28. The molecule has 0 amide bonds. The van der Waals surface area contributed by atoms with Crippen LogP contribution in [0.1, 0.15) is 20.3 Å². The summed E-state index contributed by atoms with van der Waals surface area (Å²) in [6.45, 7) is 8.74. The minimum Gasteiger partial charge on any atom is -0.384 e. The van der Waals surface area contributed by atoms with Gasteiger partial charge in [-0.1, -0.05) is 6.92 Å². The molecule has 3 unspecified atom stereocenters. The maximum atomic E-state index is 5.89. The Bertz CT molecular complexity index is 190. The van der Waals surface area contributed by atoms with Gasteiger partial charge in [-0.3, -0.25) is 4.90 Å². The van der Waals surface area contributed by atoms with Crippen LogP contribution in [-0.2, 0) is 9.47 Å². The first-order valence-electron chi connectivity index (χ1n) is 6.23. The molecule has 2 N–H and O–H groups in total. The first-order valence-corrected chi connectivity index (χ1v) is 6.23. The number of hydrogen-bond donors (Lipinski definition) is 1. The summed E-state index contributed by atoms with van der Waals surface area (Å²) in [6, 6.07) is 0.407. The zero-order valence-electron chi connectivity index (χ0n) is 10.8. The Labute approximate surface area is 99.1 Å². The van der Waals surface area contributed by atoms with Crippen LogP contribution in [0.15, 0.2) is 0 Å². The average molecular weight is 230 g/mol. The molecule has 0 radical (unpaired) electrons. The molecule has 0 saturated carbocycles. The molecule has 0 aromatic rings. The van der Waals surface area contributed by atoms with Gasteiger partial charge in [0.05, 0.1) is 12.7 Å². The van der Waals surface area contributed by atoms with E-state index in [1.165, 1.54) is 0 Å². The van der Waals surface area contributed by atoms with Gasteiger partial charge in [0.2, 0.25) is 0 Å². The van der Waals surface area contributed by atoms with Gasteiger partial charge < -0.3 is 15.2 Å². The Morgan fingerprint density at radius 1 is 1.56 bits per heavy atom. The lowest BCUT2D eigenvalue weighted by Crippen LogP contribution is -2.48. The van der Waals surface area contributed by atoms with Crippen molar-refractivity contribution in [3.8, 4) is 0 Å². The van der Waals surface area contributed by atoms with Gasteiger partial charge in [0.15, 0.2) is 0 Å².